The van der Waals surface area contributed by atoms with Gasteiger partial charge in [-0.25, -0.2) is 0 Å². The van der Waals surface area contributed by atoms with Crippen LogP contribution in [0.15, 0.2) is 4.52 Å². The van der Waals surface area contributed by atoms with Gasteiger partial charge in [0.05, 0.1) is 11.6 Å². The molecule has 0 radical (unpaired) electrons. The largest absolute Gasteiger partial charge is 0.368 e. The van der Waals surface area contributed by atoms with Gasteiger partial charge in [0, 0.05) is 0 Å². The normalized spacial score (nSPS) is 23.8. The Morgan fingerprint density at radius 2 is 2.00 bits per heavy atom. The lowest BCUT2D eigenvalue weighted by Gasteiger charge is -2.34. The quantitative estimate of drug-likeness (QED) is 0.888. The minimum Gasteiger partial charge on any atom is -0.368 e. The molecule has 0 saturated heterocycles. The van der Waals surface area contributed by atoms with Crippen molar-refractivity contribution in [1.82, 2.24) is 10.1 Å². The summed E-state index contributed by atoms with van der Waals surface area (Å²) in [6, 6.07) is 0. The maximum atomic E-state index is 6.15. The van der Waals surface area contributed by atoms with Gasteiger partial charge in [-0.3, -0.25) is 0 Å². The van der Waals surface area contributed by atoms with Crippen molar-refractivity contribution >= 4 is 0 Å². The highest BCUT2D eigenvalue weighted by Gasteiger charge is 2.39. The van der Waals surface area contributed by atoms with Crippen molar-refractivity contribution in [2.75, 3.05) is 0 Å². The van der Waals surface area contributed by atoms with Gasteiger partial charge in [0.2, 0.25) is 0 Å². The van der Waals surface area contributed by atoms with Crippen LogP contribution in [0, 0.1) is 0 Å². The van der Waals surface area contributed by atoms with Crippen LogP contribution in [0.5, 0.6) is 0 Å². The highest BCUT2D eigenvalue weighted by Crippen LogP contribution is 2.36. The van der Waals surface area contributed by atoms with E-state index in [1.807, 2.05) is 0 Å². The Bertz CT molecular complexity index is 395. The fourth-order valence-corrected chi connectivity index (χ4v) is 2.72. The van der Waals surface area contributed by atoms with Gasteiger partial charge < -0.3 is 15.0 Å². The molecule has 2 saturated carbocycles. The first kappa shape index (κ1) is 12.1. The molecular weight excluding hydrogens is 230 g/mol. The summed E-state index contributed by atoms with van der Waals surface area (Å²) in [6.45, 7) is 0.424. The minimum atomic E-state index is -0.341. The Balaban J connectivity index is 1.53. The summed E-state index contributed by atoms with van der Waals surface area (Å²) in [4.78, 5) is 4.36. The average molecular weight is 251 g/mol. The van der Waals surface area contributed by atoms with Gasteiger partial charge in [-0.05, 0) is 32.1 Å². The smallest absolute Gasteiger partial charge is 0.252 e. The third-order valence-corrected chi connectivity index (χ3v) is 4.15. The van der Waals surface area contributed by atoms with Gasteiger partial charge >= 0.3 is 0 Å². The van der Waals surface area contributed by atoms with Gasteiger partial charge in [-0.1, -0.05) is 24.4 Å². The SMILES string of the molecule is NC1(c2noc(COC3CCCCC3)n2)CCC1. The fraction of sp³-hybridized carbons (Fsp3) is 0.846. The van der Waals surface area contributed by atoms with E-state index in [0.29, 0.717) is 24.4 Å². The van der Waals surface area contributed by atoms with Crippen LogP contribution in [0.25, 0.3) is 0 Å². The molecule has 1 aromatic rings. The number of hydrogen-bond donors (Lipinski definition) is 1. The van der Waals surface area contributed by atoms with Crippen LogP contribution in [0.2, 0.25) is 0 Å². The molecule has 2 fully saturated rings. The van der Waals surface area contributed by atoms with Crippen LogP contribution in [0.3, 0.4) is 0 Å². The van der Waals surface area contributed by atoms with E-state index in [-0.39, 0.29) is 5.54 Å². The topological polar surface area (TPSA) is 74.2 Å². The van der Waals surface area contributed by atoms with Crippen LogP contribution < -0.4 is 5.73 Å². The first-order valence-corrected chi connectivity index (χ1v) is 7.00. The van der Waals surface area contributed by atoms with Gasteiger partial charge in [0.25, 0.3) is 5.89 Å². The first-order chi connectivity index (χ1) is 8.76. The summed E-state index contributed by atoms with van der Waals surface area (Å²) < 4.78 is 11.0. The van der Waals surface area contributed by atoms with Crippen molar-refractivity contribution in [2.45, 2.75) is 69.6 Å². The van der Waals surface area contributed by atoms with E-state index >= 15 is 0 Å². The summed E-state index contributed by atoms with van der Waals surface area (Å²) in [5, 5.41) is 3.98. The fourth-order valence-electron chi connectivity index (χ4n) is 2.72. The van der Waals surface area contributed by atoms with Crippen LogP contribution >= 0.6 is 0 Å². The number of nitrogens with two attached hydrogens (primary N) is 1. The van der Waals surface area contributed by atoms with Gasteiger partial charge in [0.15, 0.2) is 5.82 Å². The molecule has 0 bridgehead atoms. The van der Waals surface area contributed by atoms with Crippen molar-refractivity contribution in [1.29, 1.82) is 0 Å². The Morgan fingerprint density at radius 1 is 1.22 bits per heavy atom. The standard InChI is InChI=1S/C13H21N3O2/c14-13(7-4-8-13)12-15-11(18-16-12)9-17-10-5-2-1-3-6-10/h10H,1-9,14H2. The molecule has 2 aliphatic carbocycles. The molecule has 1 aromatic heterocycles. The summed E-state index contributed by atoms with van der Waals surface area (Å²) >= 11 is 0. The molecule has 3 rings (SSSR count). The zero-order valence-corrected chi connectivity index (χ0v) is 10.7. The lowest BCUT2D eigenvalue weighted by atomic mass is 9.77. The molecule has 5 heteroatoms. The zero-order chi connectivity index (χ0) is 12.4. The van der Waals surface area contributed by atoms with Crippen molar-refractivity contribution in [3.8, 4) is 0 Å². The first-order valence-electron chi connectivity index (χ1n) is 7.00. The molecule has 0 aromatic carbocycles. The van der Waals surface area contributed by atoms with Gasteiger partial charge in [-0.2, -0.15) is 4.98 Å². The maximum Gasteiger partial charge on any atom is 0.252 e. The van der Waals surface area contributed by atoms with E-state index in [0.717, 1.165) is 32.1 Å². The predicted molar refractivity (Wildman–Crippen MR) is 65.7 cm³/mol. The van der Waals surface area contributed by atoms with Crippen LogP contribution in [-0.4, -0.2) is 16.2 Å². The van der Waals surface area contributed by atoms with Crippen molar-refractivity contribution in [2.24, 2.45) is 5.73 Å². The lowest BCUT2D eigenvalue weighted by Crippen LogP contribution is -2.44. The third kappa shape index (κ3) is 2.42. The molecule has 2 N–H and O–H groups in total. The number of aromatic nitrogens is 2. The van der Waals surface area contributed by atoms with Crippen LogP contribution in [0.4, 0.5) is 0 Å². The van der Waals surface area contributed by atoms with Crippen molar-refractivity contribution < 1.29 is 9.26 Å². The Labute approximate surface area is 107 Å². The summed E-state index contributed by atoms with van der Waals surface area (Å²) in [5.41, 5.74) is 5.81. The molecule has 0 aliphatic heterocycles. The van der Waals surface area contributed by atoms with Gasteiger partial charge in [0.1, 0.15) is 6.61 Å². The lowest BCUT2D eigenvalue weighted by molar-refractivity contribution is 0.00462. The summed E-state index contributed by atoms with van der Waals surface area (Å²) in [6.07, 6.45) is 9.61. The molecule has 5 nitrogen and oxygen atoms in total. The van der Waals surface area contributed by atoms with Crippen LogP contribution in [-0.2, 0) is 16.9 Å². The molecule has 0 amide bonds. The minimum absolute atomic E-state index is 0.341. The second kappa shape index (κ2) is 4.97. The summed E-state index contributed by atoms with van der Waals surface area (Å²) in [5.74, 6) is 1.21. The average Bonchev–Trinajstić information content (AvgIpc) is 2.84. The molecule has 0 atom stereocenters. The molecule has 0 unspecified atom stereocenters. The Kier molecular flexibility index (Phi) is 3.35. The highest BCUT2D eigenvalue weighted by atomic mass is 16.5. The van der Waals surface area contributed by atoms with Gasteiger partial charge in [-0.15, -0.1) is 0 Å². The molecule has 0 spiro atoms. The Hall–Kier alpha value is -0.940. The summed E-state index contributed by atoms with van der Waals surface area (Å²) in [7, 11) is 0. The zero-order valence-electron chi connectivity index (χ0n) is 10.7. The van der Waals surface area contributed by atoms with Crippen molar-refractivity contribution in [3.05, 3.63) is 11.7 Å². The molecule has 2 aliphatic rings. The van der Waals surface area contributed by atoms with E-state index in [4.69, 9.17) is 15.0 Å². The van der Waals surface area contributed by atoms with E-state index < -0.39 is 0 Å². The van der Waals surface area contributed by atoms with Crippen molar-refractivity contribution in [3.63, 3.8) is 0 Å². The number of rotatable bonds is 4. The molecule has 18 heavy (non-hydrogen) atoms. The second-order valence-electron chi connectivity index (χ2n) is 5.59. The van der Waals surface area contributed by atoms with E-state index in [1.165, 1.54) is 19.3 Å². The molecular formula is C13H21N3O2. The molecule has 100 valence electrons. The number of nitrogens with zero attached hydrogens (tertiary/aromatic N) is 2. The van der Waals surface area contributed by atoms with E-state index in [2.05, 4.69) is 10.1 Å². The third-order valence-electron chi connectivity index (χ3n) is 4.15. The highest BCUT2D eigenvalue weighted by molar-refractivity contribution is 5.08. The van der Waals surface area contributed by atoms with E-state index in [9.17, 15) is 0 Å². The Morgan fingerprint density at radius 3 is 2.67 bits per heavy atom. The monoisotopic (exact) mass is 251 g/mol. The van der Waals surface area contributed by atoms with Crippen LogP contribution in [0.1, 0.15) is 63.1 Å². The maximum absolute atomic E-state index is 6.15. The van der Waals surface area contributed by atoms with E-state index in [1.54, 1.807) is 0 Å². The number of hydrogen-bond acceptors (Lipinski definition) is 5. The molecule has 1 heterocycles. The number of ether oxygens (including phenoxy) is 1. The predicted octanol–water partition coefficient (Wildman–Crippen LogP) is 2.26. The second-order valence-corrected chi connectivity index (χ2v) is 5.59.